The minimum absolute atomic E-state index is 0.0531. The van der Waals surface area contributed by atoms with Gasteiger partial charge < -0.3 is 14.4 Å². The molecule has 2 fully saturated rings. The topological polar surface area (TPSA) is 42.0 Å². The minimum atomic E-state index is -0.599. The van der Waals surface area contributed by atoms with E-state index in [-0.39, 0.29) is 24.1 Å². The lowest BCUT2D eigenvalue weighted by atomic mass is 10.00. The van der Waals surface area contributed by atoms with Gasteiger partial charge in [0.25, 0.3) is 0 Å². The first-order valence-corrected chi connectivity index (χ1v) is 12.9. The van der Waals surface area contributed by atoms with Gasteiger partial charge in [0.15, 0.2) is 0 Å². The van der Waals surface area contributed by atoms with E-state index in [9.17, 15) is 18.0 Å². The highest BCUT2D eigenvalue weighted by Gasteiger charge is 2.31. The van der Waals surface area contributed by atoms with E-state index >= 15 is 0 Å². The monoisotopic (exact) mass is 526 g/mol. The fourth-order valence-electron chi connectivity index (χ4n) is 4.61. The van der Waals surface area contributed by atoms with Crippen LogP contribution in [0.5, 0.6) is 0 Å². The Kier molecular flexibility index (Phi) is 9.79. The molecule has 0 saturated carbocycles. The van der Waals surface area contributed by atoms with Gasteiger partial charge in [0, 0.05) is 44.2 Å². The van der Waals surface area contributed by atoms with Crippen LogP contribution in [0.25, 0.3) is 11.1 Å². The first-order chi connectivity index (χ1) is 18.4. The van der Waals surface area contributed by atoms with Gasteiger partial charge in [0.05, 0.1) is 19.3 Å². The normalized spacial score (nSPS) is 18.8. The van der Waals surface area contributed by atoms with E-state index in [4.69, 9.17) is 9.47 Å². The highest BCUT2D eigenvalue weighted by atomic mass is 19.1. The molecule has 2 heterocycles. The summed E-state index contributed by atoms with van der Waals surface area (Å²) in [5, 5.41) is 0. The van der Waals surface area contributed by atoms with Gasteiger partial charge >= 0.3 is 6.09 Å². The number of benzene rings is 3. The molecule has 0 bridgehead atoms. The SMILES string of the molecule is CC(c1ccc(-c2ccc(F)cc2F)cc1)N1CCC(CCN2CCOCC2)OC1=O.Fc1ccccc1. The van der Waals surface area contributed by atoms with Crippen molar-refractivity contribution in [1.82, 2.24) is 9.80 Å². The molecule has 5 nitrogen and oxygen atoms in total. The molecule has 2 aliphatic heterocycles. The highest BCUT2D eigenvalue weighted by molar-refractivity contribution is 5.69. The second kappa shape index (κ2) is 13.4. The zero-order valence-corrected chi connectivity index (χ0v) is 21.5. The molecule has 202 valence electrons. The molecule has 0 aliphatic carbocycles. The van der Waals surface area contributed by atoms with Crippen LogP contribution in [-0.2, 0) is 9.47 Å². The van der Waals surface area contributed by atoms with Gasteiger partial charge in [-0.3, -0.25) is 4.90 Å². The molecule has 2 unspecified atom stereocenters. The van der Waals surface area contributed by atoms with E-state index in [0.29, 0.717) is 17.7 Å². The maximum Gasteiger partial charge on any atom is 0.410 e. The largest absolute Gasteiger partial charge is 0.446 e. The average Bonchev–Trinajstić information content (AvgIpc) is 2.93. The molecule has 0 aromatic heterocycles. The second-order valence-corrected chi connectivity index (χ2v) is 9.45. The van der Waals surface area contributed by atoms with Crippen molar-refractivity contribution in [2.45, 2.75) is 31.9 Å². The summed E-state index contributed by atoms with van der Waals surface area (Å²) in [4.78, 5) is 16.7. The van der Waals surface area contributed by atoms with Crippen molar-refractivity contribution in [3.63, 3.8) is 0 Å². The van der Waals surface area contributed by atoms with Crippen molar-refractivity contribution < 1.29 is 27.4 Å². The van der Waals surface area contributed by atoms with Crippen LogP contribution in [0.3, 0.4) is 0 Å². The number of amides is 1. The quantitative estimate of drug-likeness (QED) is 0.370. The summed E-state index contributed by atoms with van der Waals surface area (Å²) in [6, 6.07) is 18.7. The molecule has 38 heavy (non-hydrogen) atoms. The lowest BCUT2D eigenvalue weighted by Gasteiger charge is -2.36. The maximum atomic E-state index is 14.0. The summed E-state index contributed by atoms with van der Waals surface area (Å²) in [5.74, 6) is -1.37. The van der Waals surface area contributed by atoms with Crippen LogP contribution in [0.2, 0.25) is 0 Å². The van der Waals surface area contributed by atoms with E-state index in [0.717, 1.165) is 57.3 Å². The zero-order chi connectivity index (χ0) is 26.9. The Balaban J connectivity index is 0.000000417. The molecule has 2 atom stereocenters. The first kappa shape index (κ1) is 27.7. The Labute approximate surface area is 221 Å². The highest BCUT2D eigenvalue weighted by Crippen LogP contribution is 2.29. The summed E-state index contributed by atoms with van der Waals surface area (Å²) in [6.45, 7) is 6.91. The van der Waals surface area contributed by atoms with Crippen molar-refractivity contribution in [2.75, 3.05) is 39.4 Å². The molecule has 1 amide bonds. The van der Waals surface area contributed by atoms with Gasteiger partial charge in [-0.05, 0) is 48.7 Å². The summed E-state index contributed by atoms with van der Waals surface area (Å²) in [5.41, 5.74) is 1.95. The predicted molar refractivity (Wildman–Crippen MR) is 140 cm³/mol. The Morgan fingerprint density at radius 1 is 0.895 bits per heavy atom. The van der Waals surface area contributed by atoms with Crippen molar-refractivity contribution in [2.24, 2.45) is 0 Å². The van der Waals surface area contributed by atoms with Crippen LogP contribution in [-0.4, -0.2) is 61.4 Å². The maximum absolute atomic E-state index is 14.0. The third kappa shape index (κ3) is 7.58. The number of rotatable bonds is 6. The van der Waals surface area contributed by atoms with Crippen LogP contribution in [0.4, 0.5) is 18.0 Å². The van der Waals surface area contributed by atoms with Crippen molar-refractivity contribution in [3.8, 4) is 11.1 Å². The molecular formula is C30H33F3N2O3. The van der Waals surface area contributed by atoms with Crippen molar-refractivity contribution in [1.29, 1.82) is 0 Å². The van der Waals surface area contributed by atoms with Gasteiger partial charge in [-0.25, -0.2) is 18.0 Å². The number of cyclic esters (lactones) is 1. The number of ether oxygens (including phenoxy) is 2. The molecule has 2 saturated heterocycles. The number of carbonyl (C=O) groups excluding carboxylic acids is 1. The summed E-state index contributed by atoms with van der Waals surface area (Å²) in [6.07, 6.45) is 1.30. The minimum Gasteiger partial charge on any atom is -0.446 e. The van der Waals surface area contributed by atoms with Crippen molar-refractivity contribution >= 4 is 6.09 Å². The lowest BCUT2D eigenvalue weighted by Crippen LogP contribution is -2.45. The Morgan fingerprint density at radius 3 is 2.21 bits per heavy atom. The second-order valence-electron chi connectivity index (χ2n) is 9.45. The first-order valence-electron chi connectivity index (χ1n) is 12.9. The molecule has 5 rings (SSSR count). The van der Waals surface area contributed by atoms with Gasteiger partial charge in [0.2, 0.25) is 0 Å². The molecule has 3 aromatic carbocycles. The average molecular weight is 527 g/mol. The fraction of sp³-hybridized carbons (Fsp3) is 0.367. The van der Waals surface area contributed by atoms with Crippen molar-refractivity contribution in [3.05, 3.63) is 95.8 Å². The standard InChI is InChI=1S/C24H28F2N2O3.C6H5F/c1-17(18-2-4-19(5-3-18)22-7-6-20(25)16-23(22)26)28-11-9-21(31-24(28)29)8-10-27-12-14-30-15-13-27;7-6-4-2-1-3-5-6/h2-7,16-17,21H,8-15H2,1H3;1-5H. The Hall–Kier alpha value is -3.36. The molecular weight excluding hydrogens is 493 g/mol. The molecule has 0 spiro atoms. The van der Waals surface area contributed by atoms with E-state index < -0.39 is 11.6 Å². The van der Waals surface area contributed by atoms with E-state index in [1.807, 2.05) is 19.1 Å². The van der Waals surface area contributed by atoms with Gasteiger partial charge in [-0.2, -0.15) is 0 Å². The van der Waals surface area contributed by atoms with Gasteiger partial charge in [0.1, 0.15) is 23.6 Å². The van der Waals surface area contributed by atoms with Crippen LogP contribution in [0.15, 0.2) is 72.8 Å². The van der Waals surface area contributed by atoms with Gasteiger partial charge in [-0.15, -0.1) is 0 Å². The third-order valence-corrected chi connectivity index (χ3v) is 6.90. The molecule has 0 N–H and O–H groups in total. The molecule has 3 aromatic rings. The smallest absolute Gasteiger partial charge is 0.410 e. The van der Waals surface area contributed by atoms with Gasteiger partial charge in [-0.1, -0.05) is 42.5 Å². The number of carbonyl (C=O) groups is 1. The van der Waals surface area contributed by atoms with E-state index in [1.54, 1.807) is 35.2 Å². The summed E-state index contributed by atoms with van der Waals surface area (Å²) < 4.78 is 50.2. The predicted octanol–water partition coefficient (Wildman–Crippen LogP) is 6.45. The third-order valence-electron chi connectivity index (χ3n) is 6.90. The number of halogens is 3. The lowest BCUT2D eigenvalue weighted by molar-refractivity contribution is -0.00355. The van der Waals surface area contributed by atoms with Crippen LogP contribution in [0, 0.1) is 17.5 Å². The molecule has 0 radical (unpaired) electrons. The number of nitrogens with zero attached hydrogens (tertiary/aromatic N) is 2. The Bertz CT molecular complexity index is 1170. The van der Waals surface area contributed by atoms with Crippen LogP contribution >= 0.6 is 0 Å². The molecule has 8 heteroatoms. The molecule has 2 aliphatic rings. The zero-order valence-electron chi connectivity index (χ0n) is 21.5. The Morgan fingerprint density at radius 2 is 1.61 bits per heavy atom. The number of hydrogen-bond donors (Lipinski definition) is 0. The summed E-state index contributed by atoms with van der Waals surface area (Å²) in [7, 11) is 0. The summed E-state index contributed by atoms with van der Waals surface area (Å²) >= 11 is 0. The van der Waals surface area contributed by atoms with E-state index in [1.165, 1.54) is 24.3 Å². The number of morpholine rings is 1. The van der Waals surface area contributed by atoms with Crippen LogP contribution in [0.1, 0.15) is 31.4 Å². The van der Waals surface area contributed by atoms with Crippen LogP contribution < -0.4 is 0 Å². The fourth-order valence-corrected chi connectivity index (χ4v) is 4.61. The van der Waals surface area contributed by atoms with E-state index in [2.05, 4.69) is 4.90 Å². The number of hydrogen-bond acceptors (Lipinski definition) is 4.